The molecule has 5 heterocycles. The Balaban J connectivity index is 1.17. The predicted molar refractivity (Wildman–Crippen MR) is 107 cm³/mol. The summed E-state index contributed by atoms with van der Waals surface area (Å²) >= 11 is 6.08. The number of piperidine rings is 1. The largest absolute Gasteiger partial charge is 0.356 e. The molecular formula is C19H17ClN8O2. The molecule has 1 saturated carbocycles. The van der Waals surface area contributed by atoms with E-state index in [2.05, 4.69) is 30.1 Å². The Morgan fingerprint density at radius 2 is 2.10 bits per heavy atom. The van der Waals surface area contributed by atoms with Gasteiger partial charge in [0.2, 0.25) is 5.89 Å². The van der Waals surface area contributed by atoms with Gasteiger partial charge in [0.15, 0.2) is 5.82 Å². The van der Waals surface area contributed by atoms with Crippen molar-refractivity contribution < 1.29 is 4.52 Å². The fourth-order valence-corrected chi connectivity index (χ4v) is 4.63. The third-order valence-corrected chi connectivity index (χ3v) is 6.25. The lowest BCUT2D eigenvalue weighted by molar-refractivity contribution is 0.358. The number of fused-ring (bicyclic) bond motifs is 2. The lowest BCUT2D eigenvalue weighted by Crippen LogP contribution is -2.25. The number of aromatic nitrogens is 7. The molecule has 6 rings (SSSR count). The van der Waals surface area contributed by atoms with Gasteiger partial charge in [0.25, 0.3) is 5.56 Å². The zero-order valence-corrected chi connectivity index (χ0v) is 16.8. The van der Waals surface area contributed by atoms with Crippen LogP contribution in [-0.4, -0.2) is 47.5 Å². The van der Waals surface area contributed by atoms with Gasteiger partial charge in [-0.15, -0.1) is 0 Å². The van der Waals surface area contributed by atoms with Crippen LogP contribution >= 0.6 is 11.6 Å². The number of nitrogens with zero attached hydrogens (tertiary/aromatic N) is 8. The van der Waals surface area contributed by atoms with Gasteiger partial charge in [-0.1, -0.05) is 16.8 Å². The van der Waals surface area contributed by atoms with E-state index in [-0.39, 0.29) is 18.0 Å². The summed E-state index contributed by atoms with van der Waals surface area (Å²) in [6.07, 6.45) is 4.89. The van der Waals surface area contributed by atoms with Crippen molar-refractivity contribution in [2.75, 3.05) is 18.0 Å². The normalized spacial score (nSPS) is 22.6. The number of aryl methyl sites for hydroxylation is 1. The Labute approximate surface area is 175 Å². The summed E-state index contributed by atoms with van der Waals surface area (Å²) in [5.74, 6) is 3.21. The molecule has 1 aliphatic heterocycles. The van der Waals surface area contributed by atoms with Crippen LogP contribution in [0.5, 0.6) is 0 Å². The van der Waals surface area contributed by atoms with Crippen LogP contribution in [0, 0.1) is 11.8 Å². The molecule has 0 amide bonds. The van der Waals surface area contributed by atoms with Crippen molar-refractivity contribution in [2.24, 2.45) is 18.9 Å². The van der Waals surface area contributed by atoms with Gasteiger partial charge in [-0.3, -0.25) is 4.79 Å². The molecule has 0 spiro atoms. The summed E-state index contributed by atoms with van der Waals surface area (Å²) < 4.78 is 8.42. The maximum Gasteiger partial charge on any atom is 0.293 e. The number of hydrogen-bond donors (Lipinski definition) is 0. The zero-order chi connectivity index (χ0) is 20.4. The molecule has 11 heteroatoms. The molecule has 152 valence electrons. The van der Waals surface area contributed by atoms with Crippen LogP contribution in [0.3, 0.4) is 0 Å². The quantitative estimate of drug-likeness (QED) is 0.484. The van der Waals surface area contributed by atoms with Crippen molar-refractivity contribution in [1.82, 2.24) is 34.5 Å². The first kappa shape index (κ1) is 17.6. The first-order valence-electron chi connectivity index (χ1n) is 9.64. The SMILES string of the molecule is Cn1cnc2cnn(Cc3nc([C@H]4[C@@H]5CN(c6cc(Cl)ccn6)C[C@@H]54)no3)c(=O)c21. The van der Waals surface area contributed by atoms with Crippen molar-refractivity contribution in [3.05, 3.63) is 57.9 Å². The highest BCUT2D eigenvalue weighted by Gasteiger charge is 2.58. The number of pyridine rings is 1. The maximum atomic E-state index is 12.7. The van der Waals surface area contributed by atoms with Crippen LogP contribution in [0.25, 0.3) is 11.0 Å². The smallest absolute Gasteiger partial charge is 0.293 e. The first-order valence-corrected chi connectivity index (χ1v) is 10.0. The number of imidazole rings is 1. The molecule has 2 aliphatic rings. The molecule has 10 nitrogen and oxygen atoms in total. The molecule has 0 bridgehead atoms. The van der Waals surface area contributed by atoms with Crippen LogP contribution in [0.4, 0.5) is 5.82 Å². The standard InChI is InChI=1S/C19H17ClN8O2/c1-26-9-22-13-5-23-28(19(29)17(13)26)8-15-24-18(25-30-15)16-11-6-27(7-12(11)16)14-4-10(20)2-3-21-14/h2-5,9,11-12,16H,6-8H2,1H3/t11-,12+,16+. The van der Waals surface area contributed by atoms with E-state index in [0.717, 1.165) is 18.9 Å². The van der Waals surface area contributed by atoms with Gasteiger partial charge in [0.05, 0.1) is 12.5 Å². The van der Waals surface area contributed by atoms with E-state index in [0.29, 0.717) is 39.6 Å². The molecule has 1 aliphatic carbocycles. The minimum Gasteiger partial charge on any atom is -0.356 e. The summed E-state index contributed by atoms with van der Waals surface area (Å²) in [5.41, 5.74) is 0.825. The molecule has 0 radical (unpaired) electrons. The molecule has 0 unspecified atom stereocenters. The average molecular weight is 425 g/mol. The lowest BCUT2D eigenvalue weighted by Gasteiger charge is -2.20. The number of hydrogen-bond acceptors (Lipinski definition) is 8. The molecule has 1 saturated heterocycles. The average Bonchev–Trinajstić information content (AvgIpc) is 3.16. The van der Waals surface area contributed by atoms with Gasteiger partial charge in [-0.2, -0.15) is 10.1 Å². The van der Waals surface area contributed by atoms with Crippen molar-refractivity contribution in [1.29, 1.82) is 0 Å². The predicted octanol–water partition coefficient (Wildman–Crippen LogP) is 1.46. The molecule has 0 aromatic carbocycles. The van der Waals surface area contributed by atoms with Crippen LogP contribution in [0.1, 0.15) is 17.6 Å². The second-order valence-corrected chi connectivity index (χ2v) is 8.27. The Hall–Kier alpha value is -3.27. The van der Waals surface area contributed by atoms with Gasteiger partial charge in [-0.25, -0.2) is 14.6 Å². The van der Waals surface area contributed by atoms with Crippen molar-refractivity contribution in [3.63, 3.8) is 0 Å². The third kappa shape index (κ3) is 2.71. The van der Waals surface area contributed by atoms with Crippen molar-refractivity contribution >= 4 is 28.5 Å². The second-order valence-electron chi connectivity index (χ2n) is 7.83. The van der Waals surface area contributed by atoms with Gasteiger partial charge in [0.1, 0.15) is 23.4 Å². The maximum absolute atomic E-state index is 12.7. The van der Waals surface area contributed by atoms with Crippen LogP contribution in [0.2, 0.25) is 5.02 Å². The highest BCUT2D eigenvalue weighted by molar-refractivity contribution is 6.30. The summed E-state index contributed by atoms with van der Waals surface area (Å²) in [7, 11) is 1.78. The molecule has 4 aromatic rings. The second kappa shape index (κ2) is 6.36. The fraction of sp³-hybridized carbons (Fsp3) is 0.368. The Morgan fingerprint density at radius 3 is 2.90 bits per heavy atom. The van der Waals surface area contributed by atoms with E-state index in [4.69, 9.17) is 16.1 Å². The Morgan fingerprint density at radius 1 is 1.27 bits per heavy atom. The third-order valence-electron chi connectivity index (χ3n) is 6.01. The van der Waals surface area contributed by atoms with E-state index < -0.39 is 0 Å². The lowest BCUT2D eigenvalue weighted by atomic mass is 10.2. The van der Waals surface area contributed by atoms with E-state index in [9.17, 15) is 4.79 Å². The van der Waals surface area contributed by atoms with E-state index >= 15 is 0 Å². The highest BCUT2D eigenvalue weighted by atomic mass is 35.5. The molecule has 0 N–H and O–H groups in total. The molecule has 2 fully saturated rings. The fourth-order valence-electron chi connectivity index (χ4n) is 4.47. The topological polar surface area (TPSA) is 108 Å². The number of anilines is 1. The van der Waals surface area contributed by atoms with E-state index in [1.54, 1.807) is 36.4 Å². The van der Waals surface area contributed by atoms with Gasteiger partial charge >= 0.3 is 0 Å². The van der Waals surface area contributed by atoms with Gasteiger partial charge in [-0.05, 0) is 24.0 Å². The van der Waals surface area contributed by atoms with Crippen molar-refractivity contribution in [2.45, 2.75) is 12.5 Å². The first-order chi connectivity index (χ1) is 14.6. The molecular weight excluding hydrogens is 408 g/mol. The highest BCUT2D eigenvalue weighted by Crippen LogP contribution is 2.57. The number of halogens is 1. The minimum atomic E-state index is -0.236. The Kier molecular flexibility index (Phi) is 3.73. The van der Waals surface area contributed by atoms with Gasteiger partial charge in [0, 0.05) is 37.3 Å². The Bertz CT molecular complexity index is 1320. The van der Waals surface area contributed by atoms with Crippen LogP contribution in [0.15, 0.2) is 40.2 Å². The van der Waals surface area contributed by atoms with Gasteiger partial charge < -0.3 is 14.0 Å². The summed E-state index contributed by atoms with van der Waals surface area (Å²) in [4.78, 5) is 28.0. The van der Waals surface area contributed by atoms with Crippen LogP contribution in [-0.2, 0) is 13.6 Å². The summed E-state index contributed by atoms with van der Waals surface area (Å²) in [6, 6.07) is 3.66. The monoisotopic (exact) mass is 424 g/mol. The van der Waals surface area contributed by atoms with E-state index in [1.165, 1.54) is 4.68 Å². The number of rotatable bonds is 4. The molecule has 3 atom stereocenters. The summed E-state index contributed by atoms with van der Waals surface area (Å²) in [5, 5.41) is 9.02. The van der Waals surface area contributed by atoms with Crippen molar-refractivity contribution in [3.8, 4) is 0 Å². The summed E-state index contributed by atoms with van der Waals surface area (Å²) in [6.45, 7) is 1.92. The zero-order valence-electron chi connectivity index (χ0n) is 16.0. The van der Waals surface area contributed by atoms with Crippen LogP contribution < -0.4 is 10.5 Å². The minimum absolute atomic E-state index is 0.133. The molecule has 30 heavy (non-hydrogen) atoms. The van der Waals surface area contributed by atoms with E-state index in [1.807, 2.05) is 6.07 Å². The molecule has 4 aromatic heterocycles.